The molecule has 0 amide bonds. The van der Waals surface area contributed by atoms with Crippen molar-refractivity contribution in [3.63, 3.8) is 0 Å². The third-order valence-corrected chi connectivity index (χ3v) is 2.17. The summed E-state index contributed by atoms with van der Waals surface area (Å²) in [5.41, 5.74) is 11.6. The number of H-pyrrole nitrogens is 1. The number of fused-ring (bicyclic) bond motifs is 1. The van der Waals surface area contributed by atoms with Crippen molar-refractivity contribution in [2.75, 3.05) is 12.3 Å². The first-order valence-corrected chi connectivity index (χ1v) is 4.67. The van der Waals surface area contributed by atoms with Crippen molar-refractivity contribution in [1.29, 1.82) is 0 Å². The van der Waals surface area contributed by atoms with E-state index in [1.54, 1.807) is 17.8 Å². The Morgan fingerprint density at radius 3 is 3.06 bits per heavy atom. The predicted molar refractivity (Wildman–Crippen MR) is 61.7 cm³/mol. The molecule has 0 saturated carbocycles. The summed E-state index contributed by atoms with van der Waals surface area (Å²) in [4.78, 5) is 18.2. The van der Waals surface area contributed by atoms with E-state index < -0.39 is 0 Å². The molecule has 0 aliphatic rings. The molecule has 0 bridgehead atoms. The van der Waals surface area contributed by atoms with Crippen LogP contribution in [-0.2, 0) is 7.05 Å². The van der Waals surface area contributed by atoms with E-state index in [4.69, 9.17) is 11.5 Å². The van der Waals surface area contributed by atoms with Crippen molar-refractivity contribution in [3.8, 4) is 11.8 Å². The lowest BCUT2D eigenvalue weighted by atomic mass is 10.2. The molecule has 0 saturated heterocycles. The van der Waals surface area contributed by atoms with Crippen LogP contribution in [0.15, 0.2) is 11.0 Å². The number of nitrogens with two attached hydrogens (primary N) is 2. The molecule has 0 fully saturated rings. The Kier molecular flexibility index (Phi) is 2.38. The number of aromatic amines is 1. The minimum atomic E-state index is -0.288. The Hall–Kier alpha value is -2.26. The molecule has 0 spiro atoms. The summed E-state index contributed by atoms with van der Waals surface area (Å²) >= 11 is 0. The zero-order valence-corrected chi connectivity index (χ0v) is 8.74. The number of rotatable bonds is 0. The van der Waals surface area contributed by atoms with E-state index in [0.29, 0.717) is 16.6 Å². The second-order valence-corrected chi connectivity index (χ2v) is 3.31. The number of anilines is 1. The zero-order chi connectivity index (χ0) is 11.7. The Labute approximate surface area is 91.3 Å². The third kappa shape index (κ3) is 1.53. The molecule has 16 heavy (non-hydrogen) atoms. The first-order valence-electron chi connectivity index (χ1n) is 4.67. The van der Waals surface area contributed by atoms with E-state index in [9.17, 15) is 4.79 Å². The summed E-state index contributed by atoms with van der Waals surface area (Å²) < 4.78 is 1.71. The van der Waals surface area contributed by atoms with Crippen molar-refractivity contribution in [1.82, 2.24) is 14.5 Å². The summed E-state index contributed by atoms with van der Waals surface area (Å²) in [7, 11) is 1.78. The van der Waals surface area contributed by atoms with Crippen LogP contribution >= 0.6 is 0 Å². The van der Waals surface area contributed by atoms with Gasteiger partial charge in [-0.15, -0.1) is 0 Å². The highest BCUT2D eigenvalue weighted by atomic mass is 16.1. The second-order valence-electron chi connectivity index (χ2n) is 3.31. The molecule has 5 N–H and O–H groups in total. The Morgan fingerprint density at radius 1 is 1.62 bits per heavy atom. The summed E-state index contributed by atoms with van der Waals surface area (Å²) in [6.07, 6.45) is 1.73. The molecule has 2 heterocycles. The van der Waals surface area contributed by atoms with Crippen molar-refractivity contribution < 1.29 is 0 Å². The van der Waals surface area contributed by atoms with Crippen LogP contribution in [0, 0.1) is 11.8 Å². The Balaban J connectivity index is 2.84. The largest absolute Gasteiger partial charge is 0.369 e. The number of hydrogen-bond donors (Lipinski definition) is 3. The van der Waals surface area contributed by atoms with Gasteiger partial charge in [0.2, 0.25) is 5.95 Å². The Morgan fingerprint density at radius 2 is 2.38 bits per heavy atom. The fraction of sp³-hybridized carbons (Fsp3) is 0.200. The van der Waals surface area contributed by atoms with E-state index in [1.165, 1.54) is 0 Å². The molecule has 6 heteroatoms. The van der Waals surface area contributed by atoms with Gasteiger partial charge in [0.25, 0.3) is 5.56 Å². The van der Waals surface area contributed by atoms with Crippen molar-refractivity contribution >= 4 is 17.0 Å². The molecule has 2 aromatic rings. The number of nitrogens with zero attached hydrogens (tertiary/aromatic N) is 2. The minimum Gasteiger partial charge on any atom is -0.369 e. The van der Waals surface area contributed by atoms with Crippen molar-refractivity contribution in [3.05, 3.63) is 22.1 Å². The van der Waals surface area contributed by atoms with Gasteiger partial charge in [0.1, 0.15) is 0 Å². The molecule has 82 valence electrons. The molecule has 0 atom stereocenters. The molecule has 2 aromatic heterocycles. The van der Waals surface area contributed by atoms with Crippen molar-refractivity contribution in [2.45, 2.75) is 0 Å². The van der Waals surface area contributed by atoms with E-state index in [2.05, 4.69) is 21.8 Å². The van der Waals surface area contributed by atoms with Gasteiger partial charge in [0.05, 0.1) is 17.5 Å². The van der Waals surface area contributed by atoms with E-state index in [0.717, 1.165) is 0 Å². The molecule has 0 aromatic carbocycles. The van der Waals surface area contributed by atoms with Crippen LogP contribution < -0.4 is 17.0 Å². The number of aryl methyl sites for hydroxylation is 1. The molecule has 2 rings (SSSR count). The standard InChI is InChI=1S/C10H11N5O/c1-15-5-6(3-2-4-11)7-8(15)13-10(12)14-9(7)16/h5H,4,11H2,1H3,(H3,12,13,14,16). The highest BCUT2D eigenvalue weighted by Gasteiger charge is 2.10. The summed E-state index contributed by atoms with van der Waals surface area (Å²) in [5.74, 6) is 5.63. The molecule has 0 aliphatic carbocycles. The molecular weight excluding hydrogens is 206 g/mol. The maximum absolute atomic E-state index is 11.7. The first kappa shape index (κ1) is 10.3. The molecule has 0 aliphatic heterocycles. The van der Waals surface area contributed by atoms with Crippen LogP contribution in [0.4, 0.5) is 5.95 Å². The lowest BCUT2D eigenvalue weighted by Crippen LogP contribution is -2.11. The zero-order valence-electron chi connectivity index (χ0n) is 8.74. The van der Waals surface area contributed by atoms with Gasteiger partial charge >= 0.3 is 0 Å². The number of hydrogen-bond acceptors (Lipinski definition) is 4. The van der Waals surface area contributed by atoms with Crippen LogP contribution in [0.25, 0.3) is 11.0 Å². The van der Waals surface area contributed by atoms with Gasteiger partial charge in [-0.1, -0.05) is 11.8 Å². The van der Waals surface area contributed by atoms with Gasteiger partial charge in [-0.2, -0.15) is 4.98 Å². The van der Waals surface area contributed by atoms with Crippen LogP contribution in [0.3, 0.4) is 0 Å². The van der Waals surface area contributed by atoms with E-state index in [1.807, 2.05) is 0 Å². The fourth-order valence-electron chi connectivity index (χ4n) is 1.54. The fourth-order valence-corrected chi connectivity index (χ4v) is 1.54. The second kappa shape index (κ2) is 3.72. The van der Waals surface area contributed by atoms with Crippen molar-refractivity contribution in [2.24, 2.45) is 12.8 Å². The molecular formula is C10H11N5O. The average molecular weight is 217 g/mol. The number of nitrogens with one attached hydrogen (secondary N) is 1. The quantitative estimate of drug-likeness (QED) is 0.500. The van der Waals surface area contributed by atoms with E-state index in [-0.39, 0.29) is 18.1 Å². The lowest BCUT2D eigenvalue weighted by molar-refractivity contribution is 0.943. The number of aromatic nitrogens is 3. The summed E-state index contributed by atoms with van der Waals surface area (Å²) in [6, 6.07) is 0. The third-order valence-electron chi connectivity index (χ3n) is 2.17. The predicted octanol–water partition coefficient (Wildman–Crippen LogP) is -0.846. The first-order chi connectivity index (χ1) is 7.63. The highest BCUT2D eigenvalue weighted by Crippen LogP contribution is 2.13. The van der Waals surface area contributed by atoms with Gasteiger partial charge in [-0.3, -0.25) is 9.78 Å². The van der Waals surface area contributed by atoms with Crippen LogP contribution in [0.2, 0.25) is 0 Å². The Bertz CT molecular complexity index is 655. The monoisotopic (exact) mass is 217 g/mol. The van der Waals surface area contributed by atoms with Crippen LogP contribution in [0.1, 0.15) is 5.56 Å². The topological polar surface area (TPSA) is 103 Å². The van der Waals surface area contributed by atoms with Crippen LogP contribution in [-0.4, -0.2) is 21.1 Å². The van der Waals surface area contributed by atoms with Gasteiger partial charge in [-0.25, -0.2) is 0 Å². The van der Waals surface area contributed by atoms with E-state index >= 15 is 0 Å². The summed E-state index contributed by atoms with van der Waals surface area (Å²) in [5, 5.41) is 0.442. The molecule has 0 unspecified atom stereocenters. The molecule has 0 radical (unpaired) electrons. The number of nitrogen functional groups attached to an aromatic ring is 1. The van der Waals surface area contributed by atoms with Gasteiger partial charge < -0.3 is 16.0 Å². The lowest BCUT2D eigenvalue weighted by Gasteiger charge is -1.95. The maximum Gasteiger partial charge on any atom is 0.263 e. The van der Waals surface area contributed by atoms with Crippen LogP contribution in [0.5, 0.6) is 0 Å². The van der Waals surface area contributed by atoms with Gasteiger partial charge in [-0.05, 0) is 0 Å². The summed E-state index contributed by atoms with van der Waals surface area (Å²) in [6.45, 7) is 0.247. The molecule has 6 nitrogen and oxygen atoms in total. The maximum atomic E-state index is 11.7. The highest BCUT2D eigenvalue weighted by molar-refractivity contribution is 5.83. The SMILES string of the molecule is Cn1cc(C#CCN)c2c(=O)[nH]c(N)nc21. The van der Waals surface area contributed by atoms with Gasteiger partial charge in [0, 0.05) is 13.2 Å². The normalized spacial score (nSPS) is 10.1. The smallest absolute Gasteiger partial charge is 0.263 e. The average Bonchev–Trinajstić information content (AvgIpc) is 2.53. The minimum absolute atomic E-state index is 0.0945. The van der Waals surface area contributed by atoms with Gasteiger partial charge in [0.15, 0.2) is 5.65 Å².